The number of aryl methyl sites for hydroxylation is 1. The number of benzene rings is 2. The zero-order valence-corrected chi connectivity index (χ0v) is 17.2. The highest BCUT2D eigenvalue weighted by Gasteiger charge is 2.23. The largest absolute Gasteiger partial charge is 0.425 e. The van der Waals surface area contributed by atoms with E-state index in [9.17, 15) is 9.59 Å². The van der Waals surface area contributed by atoms with Gasteiger partial charge in [0.15, 0.2) is 5.75 Å². The molecule has 0 radical (unpaired) electrons. The normalized spacial score (nSPS) is 15.0. The molecule has 0 fully saturated rings. The van der Waals surface area contributed by atoms with Crippen LogP contribution in [0.4, 0.5) is 0 Å². The van der Waals surface area contributed by atoms with Gasteiger partial charge in [-0.2, -0.15) is 0 Å². The van der Waals surface area contributed by atoms with Crippen LogP contribution in [0.25, 0.3) is 11.8 Å². The minimum atomic E-state index is -0.453. The zero-order valence-electron chi connectivity index (χ0n) is 14.0. The molecule has 4 nitrogen and oxygen atoms in total. The first-order valence-electron chi connectivity index (χ1n) is 7.73. The average Bonchev–Trinajstić information content (AvgIpc) is 2.92. The Morgan fingerprint density at radius 1 is 1.15 bits per heavy atom. The van der Waals surface area contributed by atoms with Crippen molar-refractivity contribution >= 4 is 55.6 Å². The van der Waals surface area contributed by atoms with Gasteiger partial charge in [-0.15, -0.1) is 0 Å². The molecule has 6 heteroatoms. The lowest BCUT2D eigenvalue weighted by Gasteiger charge is -2.09. The molecule has 0 unspecified atom stereocenters. The Labute approximate surface area is 167 Å². The maximum atomic E-state index is 12.3. The fourth-order valence-electron chi connectivity index (χ4n) is 2.46. The van der Waals surface area contributed by atoms with E-state index in [1.165, 1.54) is 6.92 Å². The zero-order chi connectivity index (χ0) is 18.8. The highest BCUT2D eigenvalue weighted by molar-refractivity contribution is 9.11. The summed E-state index contributed by atoms with van der Waals surface area (Å²) in [6.45, 7) is 3.32. The van der Waals surface area contributed by atoms with Gasteiger partial charge in [0.1, 0.15) is 5.76 Å². The van der Waals surface area contributed by atoms with Gasteiger partial charge in [0.25, 0.3) is 0 Å². The van der Waals surface area contributed by atoms with Crippen molar-refractivity contribution in [1.29, 1.82) is 0 Å². The molecule has 132 valence electrons. The molecule has 0 aromatic heterocycles. The third-order valence-electron chi connectivity index (χ3n) is 3.65. The molecule has 0 amide bonds. The predicted octanol–water partition coefficient (Wildman–Crippen LogP) is 5.43. The van der Waals surface area contributed by atoms with Crippen LogP contribution in [-0.2, 0) is 14.3 Å². The lowest BCUT2D eigenvalue weighted by molar-refractivity contribution is -0.132. The summed E-state index contributed by atoms with van der Waals surface area (Å²) in [6.07, 6.45) is 3.32. The maximum Gasteiger partial charge on any atom is 0.343 e. The molecule has 0 N–H and O–H groups in total. The summed E-state index contributed by atoms with van der Waals surface area (Å²) in [5, 5.41) is 0. The summed E-state index contributed by atoms with van der Waals surface area (Å²) in [7, 11) is 0. The molecule has 0 atom stereocenters. The molecule has 2 aromatic carbocycles. The second-order valence-electron chi connectivity index (χ2n) is 5.76. The quantitative estimate of drug-likeness (QED) is 0.336. The summed E-state index contributed by atoms with van der Waals surface area (Å²) in [5.41, 5.74) is 2.90. The van der Waals surface area contributed by atoms with Crippen molar-refractivity contribution in [3.63, 3.8) is 0 Å². The molecule has 1 aliphatic rings. The van der Waals surface area contributed by atoms with E-state index in [2.05, 4.69) is 31.9 Å². The van der Waals surface area contributed by atoms with E-state index >= 15 is 0 Å². The highest BCUT2D eigenvalue weighted by Crippen LogP contribution is 2.36. The standard InChI is InChI=1S/C20H14Br2O4/c1-11-3-5-13(6-4-11)18-9-15(20(24)26-18)7-14-8-16(21)10-17(22)19(14)25-12(2)23/h3-10H,1-2H3/b15-7+. The highest BCUT2D eigenvalue weighted by atomic mass is 79.9. The van der Waals surface area contributed by atoms with E-state index in [0.29, 0.717) is 27.1 Å². The number of esters is 2. The predicted molar refractivity (Wildman–Crippen MR) is 106 cm³/mol. The Morgan fingerprint density at radius 3 is 2.50 bits per heavy atom. The van der Waals surface area contributed by atoms with Gasteiger partial charge < -0.3 is 9.47 Å². The third kappa shape index (κ3) is 4.14. The lowest BCUT2D eigenvalue weighted by atomic mass is 10.1. The van der Waals surface area contributed by atoms with Gasteiger partial charge in [0.05, 0.1) is 10.0 Å². The van der Waals surface area contributed by atoms with Crippen LogP contribution in [0.15, 0.2) is 57.0 Å². The molecular formula is C20H14Br2O4. The number of hydrogen-bond donors (Lipinski definition) is 0. The van der Waals surface area contributed by atoms with E-state index in [1.807, 2.05) is 31.2 Å². The molecule has 1 heterocycles. The first kappa shape index (κ1) is 18.6. The topological polar surface area (TPSA) is 52.6 Å². The molecule has 0 bridgehead atoms. The van der Waals surface area contributed by atoms with Crippen LogP contribution in [0.1, 0.15) is 23.6 Å². The molecule has 0 spiro atoms. The monoisotopic (exact) mass is 476 g/mol. The first-order valence-corrected chi connectivity index (χ1v) is 9.32. The van der Waals surface area contributed by atoms with E-state index in [4.69, 9.17) is 9.47 Å². The first-order chi connectivity index (χ1) is 12.3. The van der Waals surface area contributed by atoms with Crippen molar-refractivity contribution in [3.8, 4) is 5.75 Å². The summed E-state index contributed by atoms with van der Waals surface area (Å²) in [6, 6.07) is 11.2. The van der Waals surface area contributed by atoms with Crippen molar-refractivity contribution in [2.24, 2.45) is 0 Å². The Kier molecular flexibility index (Phi) is 5.44. The van der Waals surface area contributed by atoms with Crippen LogP contribution in [0.2, 0.25) is 0 Å². The maximum absolute atomic E-state index is 12.3. The Bertz CT molecular complexity index is 957. The number of halogens is 2. The molecule has 3 rings (SSSR count). The average molecular weight is 478 g/mol. The number of carbonyl (C=O) groups excluding carboxylic acids is 2. The second kappa shape index (κ2) is 7.60. The Hall–Kier alpha value is -2.18. The minimum Gasteiger partial charge on any atom is -0.425 e. The van der Waals surface area contributed by atoms with Gasteiger partial charge in [0, 0.05) is 22.5 Å². The molecular weight excluding hydrogens is 464 g/mol. The van der Waals surface area contributed by atoms with Gasteiger partial charge in [-0.1, -0.05) is 45.8 Å². The van der Waals surface area contributed by atoms with E-state index < -0.39 is 11.9 Å². The SMILES string of the molecule is CC(=O)Oc1c(Br)cc(Br)cc1/C=C1\C=C(c2ccc(C)cc2)OC1=O. The number of ether oxygens (including phenoxy) is 2. The van der Waals surface area contributed by atoms with Gasteiger partial charge in [-0.3, -0.25) is 4.79 Å². The Morgan fingerprint density at radius 2 is 1.85 bits per heavy atom. The van der Waals surface area contributed by atoms with Crippen LogP contribution in [0.3, 0.4) is 0 Å². The lowest BCUT2D eigenvalue weighted by Crippen LogP contribution is -2.04. The number of cyclic esters (lactones) is 1. The summed E-state index contributed by atoms with van der Waals surface area (Å²) in [5.74, 6) is -0.0643. The smallest absolute Gasteiger partial charge is 0.343 e. The van der Waals surface area contributed by atoms with Gasteiger partial charge in [-0.25, -0.2) is 4.79 Å². The molecule has 26 heavy (non-hydrogen) atoms. The fraction of sp³-hybridized carbons (Fsp3) is 0.100. The summed E-state index contributed by atoms with van der Waals surface area (Å²) >= 11 is 6.78. The van der Waals surface area contributed by atoms with Gasteiger partial charge in [0.2, 0.25) is 0 Å². The summed E-state index contributed by atoms with van der Waals surface area (Å²) < 4.78 is 12.0. The third-order valence-corrected chi connectivity index (χ3v) is 4.70. The van der Waals surface area contributed by atoms with Crippen molar-refractivity contribution in [2.75, 3.05) is 0 Å². The van der Waals surface area contributed by atoms with Crippen LogP contribution in [-0.4, -0.2) is 11.9 Å². The van der Waals surface area contributed by atoms with Crippen LogP contribution in [0.5, 0.6) is 5.75 Å². The molecule has 0 saturated heterocycles. The van der Waals surface area contributed by atoms with Crippen LogP contribution in [0, 0.1) is 6.92 Å². The molecule has 2 aromatic rings. The fourth-order valence-corrected chi connectivity index (χ4v) is 3.79. The van der Waals surface area contributed by atoms with Gasteiger partial charge >= 0.3 is 11.9 Å². The van der Waals surface area contributed by atoms with Gasteiger partial charge in [-0.05, 0) is 47.1 Å². The van der Waals surface area contributed by atoms with E-state index in [0.717, 1.165) is 15.6 Å². The molecule has 1 aliphatic heterocycles. The second-order valence-corrected chi connectivity index (χ2v) is 7.53. The molecule has 0 saturated carbocycles. The van der Waals surface area contributed by atoms with Crippen molar-refractivity contribution < 1.29 is 19.1 Å². The van der Waals surface area contributed by atoms with Crippen molar-refractivity contribution in [1.82, 2.24) is 0 Å². The van der Waals surface area contributed by atoms with E-state index in [1.54, 1.807) is 24.3 Å². The van der Waals surface area contributed by atoms with E-state index in [-0.39, 0.29) is 0 Å². The molecule has 0 aliphatic carbocycles. The number of rotatable bonds is 3. The van der Waals surface area contributed by atoms with Crippen LogP contribution < -0.4 is 4.74 Å². The number of hydrogen-bond acceptors (Lipinski definition) is 4. The van der Waals surface area contributed by atoms with Crippen molar-refractivity contribution in [2.45, 2.75) is 13.8 Å². The Balaban J connectivity index is 2.03. The van der Waals surface area contributed by atoms with Crippen LogP contribution >= 0.6 is 31.9 Å². The minimum absolute atomic E-state index is 0.346. The number of carbonyl (C=O) groups is 2. The summed E-state index contributed by atoms with van der Waals surface area (Å²) in [4.78, 5) is 23.6. The van der Waals surface area contributed by atoms with Crippen molar-refractivity contribution in [3.05, 3.63) is 73.7 Å².